The molecule has 0 saturated carbocycles. The van der Waals surface area contributed by atoms with Gasteiger partial charge in [-0.05, 0) is 18.1 Å². The summed E-state index contributed by atoms with van der Waals surface area (Å²) in [4.78, 5) is 3.57. The maximum absolute atomic E-state index is 12.1. The van der Waals surface area contributed by atoms with E-state index in [1.807, 2.05) is 0 Å². The summed E-state index contributed by atoms with van der Waals surface area (Å²) in [6.45, 7) is -0.0300. The highest BCUT2D eigenvalue weighted by Crippen LogP contribution is 2.18. The van der Waals surface area contributed by atoms with Crippen LogP contribution in [-0.4, -0.2) is 16.7 Å². The van der Waals surface area contributed by atoms with Crippen molar-refractivity contribution in [3.63, 3.8) is 0 Å². The lowest BCUT2D eigenvalue weighted by Gasteiger charge is -2.09. The van der Waals surface area contributed by atoms with Gasteiger partial charge in [-0.2, -0.15) is 0 Å². The predicted octanol–water partition coefficient (Wildman–Crippen LogP) is 1.40. The van der Waals surface area contributed by atoms with E-state index in [0.717, 1.165) is 0 Å². The van der Waals surface area contributed by atoms with E-state index in [0.29, 0.717) is 12.0 Å². The number of nitrogens with zero attached hydrogens (tertiary/aromatic N) is 1. The highest BCUT2D eigenvalue weighted by atomic mass is 19.3. The van der Waals surface area contributed by atoms with Gasteiger partial charge < -0.3 is 10.8 Å². The summed E-state index contributed by atoms with van der Waals surface area (Å²) in [5, 5.41) is 8.62. The summed E-state index contributed by atoms with van der Waals surface area (Å²) in [5.41, 5.74) is 6.04. The number of aromatic nitrogens is 1. The summed E-state index contributed by atoms with van der Waals surface area (Å²) in [7, 11) is 0. The van der Waals surface area contributed by atoms with Crippen molar-refractivity contribution in [1.82, 2.24) is 4.98 Å². The topological polar surface area (TPSA) is 59.1 Å². The number of halogens is 2. The number of hydrogen-bond donors (Lipinski definition) is 2. The van der Waals surface area contributed by atoms with Crippen LogP contribution in [0.15, 0.2) is 18.3 Å². The molecule has 0 spiro atoms. The molecule has 0 aromatic carbocycles. The van der Waals surface area contributed by atoms with Crippen molar-refractivity contribution < 1.29 is 13.9 Å². The zero-order chi connectivity index (χ0) is 10.6. The normalized spacial score (nSPS) is 13.2. The Labute approximate surface area is 80.6 Å². The van der Waals surface area contributed by atoms with E-state index in [1.54, 1.807) is 0 Å². The van der Waals surface area contributed by atoms with Crippen molar-refractivity contribution in [3.8, 4) is 0 Å². The summed E-state index contributed by atoms with van der Waals surface area (Å²) < 4.78 is 24.2. The predicted molar refractivity (Wildman–Crippen MR) is 47.8 cm³/mol. The van der Waals surface area contributed by atoms with E-state index >= 15 is 0 Å². The molecule has 0 saturated heterocycles. The maximum Gasteiger partial charge on any atom is 0.280 e. The number of aliphatic hydroxyl groups excluding tert-OH is 1. The number of pyridine rings is 1. The van der Waals surface area contributed by atoms with E-state index in [2.05, 4.69) is 4.98 Å². The molecule has 14 heavy (non-hydrogen) atoms. The first-order valence-corrected chi connectivity index (χ1v) is 4.25. The minimum atomic E-state index is -2.56. The van der Waals surface area contributed by atoms with Crippen molar-refractivity contribution >= 4 is 0 Å². The molecule has 3 nitrogen and oxygen atoms in total. The van der Waals surface area contributed by atoms with Gasteiger partial charge in [0.25, 0.3) is 6.43 Å². The standard InChI is InChI=1S/C9H12F2N2O/c10-9(11)8-2-1-6(5-13-8)7(12)3-4-14/h1-2,5,7,9,14H,3-4,12H2/t7-/m1/s1. The van der Waals surface area contributed by atoms with E-state index in [-0.39, 0.29) is 18.3 Å². The number of hydrogen-bond acceptors (Lipinski definition) is 3. The van der Waals surface area contributed by atoms with Crippen LogP contribution < -0.4 is 5.73 Å². The number of nitrogens with two attached hydrogens (primary N) is 1. The molecule has 0 fully saturated rings. The van der Waals surface area contributed by atoms with E-state index < -0.39 is 6.43 Å². The van der Waals surface area contributed by atoms with Crippen molar-refractivity contribution in [3.05, 3.63) is 29.6 Å². The Morgan fingerprint density at radius 3 is 2.57 bits per heavy atom. The van der Waals surface area contributed by atoms with Crippen LogP contribution in [0.3, 0.4) is 0 Å². The van der Waals surface area contributed by atoms with Crippen molar-refractivity contribution in [1.29, 1.82) is 0 Å². The van der Waals surface area contributed by atoms with Gasteiger partial charge in [0.15, 0.2) is 0 Å². The largest absolute Gasteiger partial charge is 0.396 e. The number of aliphatic hydroxyl groups is 1. The quantitative estimate of drug-likeness (QED) is 0.775. The van der Waals surface area contributed by atoms with Crippen molar-refractivity contribution in [2.75, 3.05) is 6.61 Å². The second-order valence-corrected chi connectivity index (χ2v) is 2.94. The Bertz CT molecular complexity index is 277. The minimum absolute atomic E-state index is 0.0300. The second-order valence-electron chi connectivity index (χ2n) is 2.94. The third kappa shape index (κ3) is 2.71. The first-order valence-electron chi connectivity index (χ1n) is 4.25. The average molecular weight is 202 g/mol. The van der Waals surface area contributed by atoms with Crippen molar-refractivity contribution in [2.24, 2.45) is 5.73 Å². The summed E-state index contributed by atoms with van der Waals surface area (Å²) in [6.07, 6.45) is -0.838. The molecule has 0 radical (unpaired) electrons. The molecule has 0 unspecified atom stereocenters. The molecule has 1 atom stereocenters. The highest BCUT2D eigenvalue weighted by Gasteiger charge is 2.10. The molecule has 1 rings (SSSR count). The van der Waals surface area contributed by atoms with Crippen LogP contribution in [0.4, 0.5) is 8.78 Å². The van der Waals surface area contributed by atoms with Gasteiger partial charge in [-0.3, -0.25) is 4.98 Å². The molecule has 1 aromatic heterocycles. The average Bonchev–Trinajstić information content (AvgIpc) is 2.18. The lowest BCUT2D eigenvalue weighted by atomic mass is 10.1. The number of rotatable bonds is 4. The van der Waals surface area contributed by atoms with Crippen LogP contribution in [0.25, 0.3) is 0 Å². The van der Waals surface area contributed by atoms with E-state index in [9.17, 15) is 8.78 Å². The van der Waals surface area contributed by atoms with E-state index in [1.165, 1.54) is 18.3 Å². The Balaban J connectivity index is 2.72. The molecule has 78 valence electrons. The molecule has 0 bridgehead atoms. The van der Waals surface area contributed by atoms with Gasteiger partial charge in [-0.25, -0.2) is 8.78 Å². The SMILES string of the molecule is N[C@H](CCO)c1ccc(C(F)F)nc1. The maximum atomic E-state index is 12.1. The first-order chi connectivity index (χ1) is 6.65. The van der Waals surface area contributed by atoms with Gasteiger partial charge in [0.1, 0.15) is 5.69 Å². The monoisotopic (exact) mass is 202 g/mol. The first kappa shape index (κ1) is 11.0. The molecular weight excluding hydrogens is 190 g/mol. The Hall–Kier alpha value is -1.07. The zero-order valence-electron chi connectivity index (χ0n) is 7.53. The summed E-state index contributed by atoms with van der Waals surface area (Å²) in [6, 6.07) is 2.41. The molecule has 0 aliphatic rings. The van der Waals surface area contributed by atoms with Crippen LogP contribution >= 0.6 is 0 Å². The van der Waals surface area contributed by atoms with Crippen LogP contribution in [0.1, 0.15) is 30.1 Å². The lowest BCUT2D eigenvalue weighted by Crippen LogP contribution is -2.12. The van der Waals surface area contributed by atoms with Gasteiger partial charge in [0, 0.05) is 18.8 Å². The fraction of sp³-hybridized carbons (Fsp3) is 0.444. The Morgan fingerprint density at radius 2 is 2.14 bits per heavy atom. The Morgan fingerprint density at radius 1 is 1.43 bits per heavy atom. The smallest absolute Gasteiger partial charge is 0.280 e. The van der Waals surface area contributed by atoms with Gasteiger partial charge in [0.05, 0.1) is 0 Å². The molecule has 0 aliphatic heterocycles. The van der Waals surface area contributed by atoms with Gasteiger partial charge in [-0.15, -0.1) is 0 Å². The second kappa shape index (κ2) is 4.97. The van der Waals surface area contributed by atoms with Crippen molar-refractivity contribution in [2.45, 2.75) is 18.9 Å². The minimum Gasteiger partial charge on any atom is -0.396 e. The van der Waals surface area contributed by atoms with Crippen LogP contribution in [0, 0.1) is 0 Å². The summed E-state index contributed by atoms with van der Waals surface area (Å²) >= 11 is 0. The molecule has 5 heteroatoms. The van der Waals surface area contributed by atoms with Gasteiger partial charge in [0.2, 0.25) is 0 Å². The molecule has 0 aliphatic carbocycles. The van der Waals surface area contributed by atoms with Gasteiger partial charge >= 0.3 is 0 Å². The van der Waals surface area contributed by atoms with Crippen LogP contribution in [0.2, 0.25) is 0 Å². The lowest BCUT2D eigenvalue weighted by molar-refractivity contribution is 0.146. The third-order valence-electron chi connectivity index (χ3n) is 1.90. The number of alkyl halides is 2. The van der Waals surface area contributed by atoms with Gasteiger partial charge in [-0.1, -0.05) is 6.07 Å². The molecule has 1 heterocycles. The Kier molecular flexibility index (Phi) is 3.91. The summed E-state index contributed by atoms with van der Waals surface area (Å²) in [5.74, 6) is 0. The molecule has 1 aromatic rings. The molecule has 3 N–H and O–H groups in total. The highest BCUT2D eigenvalue weighted by molar-refractivity contribution is 5.17. The molecule has 0 amide bonds. The van der Waals surface area contributed by atoms with Crippen LogP contribution in [0.5, 0.6) is 0 Å². The van der Waals surface area contributed by atoms with E-state index in [4.69, 9.17) is 10.8 Å². The fourth-order valence-electron chi connectivity index (χ4n) is 1.07. The molecular formula is C9H12F2N2O. The van der Waals surface area contributed by atoms with Crippen LogP contribution in [-0.2, 0) is 0 Å². The third-order valence-corrected chi connectivity index (χ3v) is 1.90. The zero-order valence-corrected chi connectivity index (χ0v) is 7.53. The fourth-order valence-corrected chi connectivity index (χ4v) is 1.07.